The van der Waals surface area contributed by atoms with Gasteiger partial charge in [0.15, 0.2) is 6.10 Å². The molecule has 0 bridgehead atoms. The normalized spacial score (nSPS) is 13.8. The Hall–Kier alpha value is -3.59. The van der Waals surface area contributed by atoms with E-state index in [0.717, 1.165) is 6.07 Å². The molecule has 1 aliphatic rings. The van der Waals surface area contributed by atoms with E-state index in [9.17, 15) is 29.3 Å². The molecule has 29 heavy (non-hydrogen) atoms. The van der Waals surface area contributed by atoms with Gasteiger partial charge >= 0.3 is 5.97 Å². The van der Waals surface area contributed by atoms with E-state index in [1.165, 1.54) is 43.3 Å². The Balaban J connectivity index is 1.71. The molecule has 2 aromatic rings. The molecule has 0 saturated heterocycles. The lowest BCUT2D eigenvalue weighted by Gasteiger charge is -2.16. The van der Waals surface area contributed by atoms with Crippen LogP contribution in [0.1, 0.15) is 38.0 Å². The summed E-state index contributed by atoms with van der Waals surface area (Å²) < 4.78 is 5.03. The van der Waals surface area contributed by atoms with Crippen LogP contribution in [0, 0.1) is 10.1 Å². The number of nitro benzene ring substituents is 1. The van der Waals surface area contributed by atoms with Crippen molar-refractivity contribution in [3.8, 4) is 0 Å². The fraction of sp³-hybridized carbons (Fsp3) is 0.158. The third-order valence-electron chi connectivity index (χ3n) is 4.27. The molecule has 1 aliphatic heterocycles. The number of fused-ring (bicyclic) bond motifs is 1. The Bertz CT molecular complexity index is 1050. The summed E-state index contributed by atoms with van der Waals surface area (Å²) in [5, 5.41) is 11.5. The number of ketones is 1. The topological polar surface area (TPSA) is 124 Å². The Morgan fingerprint density at radius 3 is 2.41 bits per heavy atom. The first-order valence-corrected chi connectivity index (χ1v) is 8.71. The summed E-state index contributed by atoms with van der Waals surface area (Å²) in [6.45, 7) is 0.573. The number of carbonyl (C=O) groups is 4. The van der Waals surface area contributed by atoms with Crippen LogP contribution in [0.15, 0.2) is 42.5 Å². The molecule has 0 radical (unpaired) electrons. The fourth-order valence-electron chi connectivity index (χ4n) is 2.88. The van der Waals surface area contributed by atoms with E-state index in [1.807, 2.05) is 0 Å². The van der Waals surface area contributed by atoms with Crippen LogP contribution < -0.4 is 0 Å². The minimum absolute atomic E-state index is 0.165. The van der Waals surface area contributed by atoms with E-state index in [-0.39, 0.29) is 16.7 Å². The number of rotatable bonds is 6. The number of ether oxygens (including phenoxy) is 1. The molecule has 148 valence electrons. The van der Waals surface area contributed by atoms with Crippen LogP contribution in [-0.2, 0) is 9.53 Å². The van der Waals surface area contributed by atoms with Gasteiger partial charge in [-0.05, 0) is 37.3 Å². The molecule has 3 rings (SSSR count). The second kappa shape index (κ2) is 7.80. The van der Waals surface area contributed by atoms with Crippen molar-refractivity contribution in [3.05, 3.63) is 74.3 Å². The predicted molar refractivity (Wildman–Crippen MR) is 99.8 cm³/mol. The zero-order valence-electron chi connectivity index (χ0n) is 15.0. The first-order chi connectivity index (χ1) is 13.7. The summed E-state index contributed by atoms with van der Waals surface area (Å²) in [7, 11) is 0. The number of hydrogen-bond donors (Lipinski definition) is 0. The van der Waals surface area contributed by atoms with E-state index in [1.54, 1.807) is 0 Å². The van der Waals surface area contributed by atoms with Gasteiger partial charge in [-0.3, -0.25) is 34.2 Å². The third kappa shape index (κ3) is 3.85. The number of nitro groups is 1. The summed E-state index contributed by atoms with van der Waals surface area (Å²) in [6, 6.07) is 9.59. The van der Waals surface area contributed by atoms with Gasteiger partial charge in [-0.1, -0.05) is 17.7 Å². The highest BCUT2D eigenvalue weighted by atomic mass is 35.5. The number of hydrogen-bond acceptors (Lipinski definition) is 7. The fourth-order valence-corrected chi connectivity index (χ4v) is 3.00. The van der Waals surface area contributed by atoms with Crippen molar-refractivity contribution in [1.82, 2.24) is 4.90 Å². The monoisotopic (exact) mass is 416 g/mol. The average molecular weight is 417 g/mol. The van der Waals surface area contributed by atoms with E-state index in [4.69, 9.17) is 16.3 Å². The van der Waals surface area contributed by atoms with Gasteiger partial charge in [-0.2, -0.15) is 0 Å². The molecule has 0 aliphatic carbocycles. The lowest BCUT2D eigenvalue weighted by atomic mass is 10.1. The maximum absolute atomic E-state index is 12.5. The first kappa shape index (κ1) is 20.2. The molecule has 0 unspecified atom stereocenters. The molecule has 0 aromatic heterocycles. The van der Waals surface area contributed by atoms with Crippen molar-refractivity contribution >= 4 is 40.9 Å². The van der Waals surface area contributed by atoms with Crippen molar-refractivity contribution in [1.29, 1.82) is 0 Å². The Labute approximate surface area is 169 Å². The number of imide groups is 1. The zero-order chi connectivity index (χ0) is 21.3. The third-order valence-corrected chi connectivity index (χ3v) is 4.52. The molecule has 1 atom stereocenters. The summed E-state index contributed by atoms with van der Waals surface area (Å²) >= 11 is 5.76. The summed E-state index contributed by atoms with van der Waals surface area (Å²) in [6.07, 6.45) is -1.17. The first-order valence-electron chi connectivity index (χ1n) is 8.33. The highest BCUT2D eigenvalue weighted by Gasteiger charge is 2.42. The number of esters is 1. The lowest BCUT2D eigenvalue weighted by Crippen LogP contribution is -2.37. The molecule has 9 nitrogen and oxygen atoms in total. The number of Topliss-reactive ketones (excluding diaryl/α,β-unsaturated/α-hetero) is 1. The Morgan fingerprint density at radius 1 is 1.14 bits per heavy atom. The van der Waals surface area contributed by atoms with Crippen molar-refractivity contribution in [2.45, 2.75) is 13.0 Å². The lowest BCUT2D eigenvalue weighted by molar-refractivity contribution is -0.385. The standard InChI is InChI=1S/C19H13ClN2O7/c1-10(17(24)11-5-7-12(20)8-6-11)29-15(23)9-21-18(25)13-3-2-4-14(22(27)28)16(13)19(21)26/h2-8,10H,9H2,1H3/t10-/m1/s1. The van der Waals surface area contributed by atoms with Crippen molar-refractivity contribution in [3.63, 3.8) is 0 Å². The molecule has 0 fully saturated rings. The zero-order valence-corrected chi connectivity index (χ0v) is 15.7. The van der Waals surface area contributed by atoms with Crippen LogP contribution in [0.2, 0.25) is 5.02 Å². The molecule has 0 N–H and O–H groups in total. The largest absolute Gasteiger partial charge is 0.453 e. The Kier molecular flexibility index (Phi) is 5.42. The number of carbonyl (C=O) groups excluding carboxylic acids is 4. The molecule has 10 heteroatoms. The molecular weight excluding hydrogens is 404 g/mol. The predicted octanol–water partition coefficient (Wildman–Crippen LogP) is 2.66. The molecule has 2 amide bonds. The van der Waals surface area contributed by atoms with E-state index >= 15 is 0 Å². The summed E-state index contributed by atoms with van der Waals surface area (Å²) in [5.41, 5.74) is -0.795. The van der Waals surface area contributed by atoms with Crippen LogP contribution in [-0.4, -0.2) is 46.0 Å². The highest BCUT2D eigenvalue weighted by Crippen LogP contribution is 2.30. The van der Waals surface area contributed by atoms with Crippen LogP contribution in [0.5, 0.6) is 0 Å². The van der Waals surface area contributed by atoms with E-state index in [0.29, 0.717) is 9.92 Å². The van der Waals surface area contributed by atoms with E-state index in [2.05, 4.69) is 0 Å². The van der Waals surface area contributed by atoms with Crippen molar-refractivity contribution in [2.75, 3.05) is 6.54 Å². The number of nitrogens with zero attached hydrogens (tertiary/aromatic N) is 2. The van der Waals surface area contributed by atoms with Gasteiger partial charge in [-0.15, -0.1) is 0 Å². The van der Waals surface area contributed by atoms with Crippen LogP contribution >= 0.6 is 11.6 Å². The number of amides is 2. The smallest absolute Gasteiger partial charge is 0.326 e. The summed E-state index contributed by atoms with van der Waals surface area (Å²) in [4.78, 5) is 60.2. The van der Waals surface area contributed by atoms with Gasteiger partial charge < -0.3 is 4.74 Å². The number of benzene rings is 2. The maximum Gasteiger partial charge on any atom is 0.326 e. The van der Waals surface area contributed by atoms with Crippen LogP contribution in [0.4, 0.5) is 5.69 Å². The van der Waals surface area contributed by atoms with Crippen LogP contribution in [0.25, 0.3) is 0 Å². The van der Waals surface area contributed by atoms with Gasteiger partial charge in [0.05, 0.1) is 10.5 Å². The maximum atomic E-state index is 12.5. The molecule has 2 aromatic carbocycles. The summed E-state index contributed by atoms with van der Waals surface area (Å²) in [5.74, 6) is -3.31. The van der Waals surface area contributed by atoms with Crippen LogP contribution in [0.3, 0.4) is 0 Å². The highest BCUT2D eigenvalue weighted by molar-refractivity contribution is 6.30. The SMILES string of the molecule is C[C@@H](OC(=O)CN1C(=O)c2cccc([N+](=O)[O-])c2C1=O)C(=O)c1ccc(Cl)cc1. The van der Waals surface area contributed by atoms with Gasteiger partial charge in [-0.25, -0.2) is 0 Å². The van der Waals surface area contributed by atoms with Crippen molar-refractivity contribution in [2.24, 2.45) is 0 Å². The van der Waals surface area contributed by atoms with Gasteiger partial charge in [0.1, 0.15) is 12.1 Å². The molecular formula is C19H13ClN2O7. The minimum atomic E-state index is -1.17. The average Bonchev–Trinajstić information content (AvgIpc) is 2.92. The number of halogens is 1. The minimum Gasteiger partial charge on any atom is -0.453 e. The molecule has 0 spiro atoms. The van der Waals surface area contributed by atoms with E-state index < -0.39 is 46.8 Å². The van der Waals surface area contributed by atoms with Gasteiger partial charge in [0.2, 0.25) is 5.78 Å². The second-order valence-corrected chi connectivity index (χ2v) is 6.59. The molecule has 1 heterocycles. The van der Waals surface area contributed by atoms with Crippen molar-refractivity contribution < 1.29 is 28.8 Å². The van der Waals surface area contributed by atoms with Gasteiger partial charge in [0, 0.05) is 16.7 Å². The quantitative estimate of drug-likeness (QED) is 0.233. The van der Waals surface area contributed by atoms with Gasteiger partial charge in [0.25, 0.3) is 17.5 Å². The second-order valence-electron chi connectivity index (χ2n) is 6.16. The molecule has 0 saturated carbocycles. The Morgan fingerprint density at radius 2 is 1.79 bits per heavy atom.